The van der Waals surface area contributed by atoms with Crippen molar-refractivity contribution in [2.75, 3.05) is 6.54 Å². The van der Waals surface area contributed by atoms with Crippen molar-refractivity contribution in [3.8, 4) is 0 Å². The SMILES string of the molecule is CC(NC(=O)[C@@H]1CCC[C@@H]1CN)c1ccc(C(F)(F)F)cc1. The molecule has 6 heteroatoms. The van der Waals surface area contributed by atoms with Crippen LogP contribution in [-0.2, 0) is 11.0 Å². The van der Waals surface area contributed by atoms with Crippen molar-refractivity contribution in [1.29, 1.82) is 0 Å². The van der Waals surface area contributed by atoms with E-state index in [0.717, 1.165) is 31.4 Å². The van der Waals surface area contributed by atoms with Crippen molar-refractivity contribution in [2.45, 2.75) is 38.4 Å². The highest BCUT2D eigenvalue weighted by molar-refractivity contribution is 5.79. The summed E-state index contributed by atoms with van der Waals surface area (Å²) in [5.41, 5.74) is 5.64. The summed E-state index contributed by atoms with van der Waals surface area (Å²) in [7, 11) is 0. The smallest absolute Gasteiger partial charge is 0.349 e. The number of amides is 1. The molecule has 1 unspecified atom stereocenters. The minimum Gasteiger partial charge on any atom is -0.349 e. The van der Waals surface area contributed by atoms with Gasteiger partial charge in [0.05, 0.1) is 11.6 Å². The van der Waals surface area contributed by atoms with Gasteiger partial charge in [0.2, 0.25) is 5.91 Å². The Labute approximate surface area is 128 Å². The molecule has 0 spiro atoms. The maximum atomic E-state index is 12.5. The molecule has 1 amide bonds. The number of nitrogens with one attached hydrogen (secondary N) is 1. The van der Waals surface area contributed by atoms with Crippen molar-refractivity contribution in [3.05, 3.63) is 35.4 Å². The van der Waals surface area contributed by atoms with Crippen LogP contribution in [0.1, 0.15) is 43.4 Å². The first-order valence-corrected chi connectivity index (χ1v) is 7.50. The van der Waals surface area contributed by atoms with Gasteiger partial charge in [0.25, 0.3) is 0 Å². The van der Waals surface area contributed by atoms with Crippen LogP contribution in [0, 0.1) is 11.8 Å². The number of alkyl halides is 3. The van der Waals surface area contributed by atoms with Gasteiger partial charge in [-0.15, -0.1) is 0 Å². The number of carbonyl (C=O) groups is 1. The quantitative estimate of drug-likeness (QED) is 0.896. The summed E-state index contributed by atoms with van der Waals surface area (Å²) in [5.74, 6) is 0.0713. The summed E-state index contributed by atoms with van der Waals surface area (Å²) in [6.45, 7) is 2.26. The molecule has 0 heterocycles. The number of benzene rings is 1. The highest BCUT2D eigenvalue weighted by Crippen LogP contribution is 2.32. The molecule has 1 fully saturated rings. The third-order valence-corrected chi connectivity index (χ3v) is 4.40. The molecule has 1 aliphatic rings. The van der Waals surface area contributed by atoms with E-state index in [1.54, 1.807) is 6.92 Å². The Balaban J connectivity index is 2.00. The molecule has 0 saturated heterocycles. The molecule has 3 atom stereocenters. The fourth-order valence-electron chi connectivity index (χ4n) is 3.03. The van der Waals surface area contributed by atoms with Crippen molar-refractivity contribution < 1.29 is 18.0 Å². The van der Waals surface area contributed by atoms with E-state index < -0.39 is 11.7 Å². The summed E-state index contributed by atoms with van der Waals surface area (Å²) < 4.78 is 37.6. The molecular formula is C16H21F3N2O. The van der Waals surface area contributed by atoms with Gasteiger partial charge < -0.3 is 11.1 Å². The van der Waals surface area contributed by atoms with Crippen LogP contribution >= 0.6 is 0 Å². The molecule has 1 aliphatic carbocycles. The van der Waals surface area contributed by atoms with E-state index in [1.165, 1.54) is 12.1 Å². The van der Waals surface area contributed by atoms with Crippen LogP contribution < -0.4 is 11.1 Å². The minimum absolute atomic E-state index is 0.0552. The molecule has 0 radical (unpaired) electrons. The Kier molecular flexibility index (Phi) is 5.11. The van der Waals surface area contributed by atoms with Gasteiger partial charge in [-0.3, -0.25) is 4.79 Å². The molecule has 1 aromatic carbocycles. The lowest BCUT2D eigenvalue weighted by atomic mass is 9.94. The van der Waals surface area contributed by atoms with Crippen molar-refractivity contribution >= 4 is 5.91 Å². The Morgan fingerprint density at radius 1 is 1.32 bits per heavy atom. The van der Waals surface area contributed by atoms with E-state index in [9.17, 15) is 18.0 Å². The summed E-state index contributed by atoms with van der Waals surface area (Å²) in [5, 5.41) is 2.88. The molecule has 1 saturated carbocycles. The van der Waals surface area contributed by atoms with Gasteiger partial charge in [-0.1, -0.05) is 18.6 Å². The highest BCUT2D eigenvalue weighted by Gasteiger charge is 2.33. The second kappa shape index (κ2) is 6.69. The van der Waals surface area contributed by atoms with Crippen molar-refractivity contribution in [1.82, 2.24) is 5.32 Å². The molecule has 0 aliphatic heterocycles. The summed E-state index contributed by atoms with van der Waals surface area (Å²) in [6.07, 6.45) is -1.56. The number of halogens is 3. The highest BCUT2D eigenvalue weighted by atomic mass is 19.4. The first-order chi connectivity index (χ1) is 10.3. The molecule has 1 aromatic rings. The number of rotatable bonds is 4. The van der Waals surface area contributed by atoms with E-state index in [2.05, 4.69) is 5.32 Å². The van der Waals surface area contributed by atoms with E-state index >= 15 is 0 Å². The van der Waals surface area contributed by atoms with E-state index in [1.807, 2.05) is 0 Å². The lowest BCUT2D eigenvalue weighted by Crippen LogP contribution is -2.36. The second-order valence-electron chi connectivity index (χ2n) is 5.88. The van der Waals surface area contributed by atoms with Crippen LogP contribution in [0.2, 0.25) is 0 Å². The van der Waals surface area contributed by atoms with E-state index in [-0.39, 0.29) is 23.8 Å². The van der Waals surface area contributed by atoms with Crippen LogP contribution in [0.3, 0.4) is 0 Å². The van der Waals surface area contributed by atoms with E-state index in [0.29, 0.717) is 12.1 Å². The Bertz CT molecular complexity index is 513. The first kappa shape index (κ1) is 16.8. The Morgan fingerprint density at radius 2 is 1.95 bits per heavy atom. The standard InChI is InChI=1S/C16H21F3N2O/c1-10(11-5-7-13(8-6-11)16(17,18)19)21-15(22)14-4-2-3-12(14)9-20/h5-8,10,12,14H,2-4,9,20H2,1H3,(H,21,22)/t10?,12-,14-/m1/s1. The van der Waals surface area contributed by atoms with E-state index in [4.69, 9.17) is 5.73 Å². The zero-order valence-electron chi connectivity index (χ0n) is 12.5. The molecule has 2 rings (SSSR count). The molecule has 3 nitrogen and oxygen atoms in total. The summed E-state index contributed by atoms with van der Waals surface area (Å²) in [4.78, 5) is 12.3. The van der Waals surface area contributed by atoms with Crippen LogP contribution in [0.4, 0.5) is 13.2 Å². The van der Waals surface area contributed by atoms with Crippen molar-refractivity contribution in [3.63, 3.8) is 0 Å². The second-order valence-corrected chi connectivity index (χ2v) is 5.88. The lowest BCUT2D eigenvalue weighted by molar-refractivity contribution is -0.137. The molecule has 22 heavy (non-hydrogen) atoms. The molecular weight excluding hydrogens is 293 g/mol. The maximum Gasteiger partial charge on any atom is 0.416 e. The lowest BCUT2D eigenvalue weighted by Gasteiger charge is -2.21. The third-order valence-electron chi connectivity index (χ3n) is 4.40. The van der Waals surface area contributed by atoms with Crippen LogP contribution in [0.15, 0.2) is 24.3 Å². The van der Waals surface area contributed by atoms with Gasteiger partial charge in [-0.25, -0.2) is 0 Å². The minimum atomic E-state index is -4.34. The third kappa shape index (κ3) is 3.80. The van der Waals surface area contributed by atoms with Gasteiger partial charge in [0.1, 0.15) is 0 Å². The average Bonchev–Trinajstić information content (AvgIpc) is 2.95. The summed E-state index contributed by atoms with van der Waals surface area (Å²) in [6, 6.07) is 4.56. The zero-order chi connectivity index (χ0) is 16.3. The van der Waals surface area contributed by atoms with Crippen LogP contribution in [0.5, 0.6) is 0 Å². The van der Waals surface area contributed by atoms with Gasteiger partial charge in [-0.05, 0) is 49.9 Å². The van der Waals surface area contributed by atoms with Gasteiger partial charge >= 0.3 is 6.18 Å². The van der Waals surface area contributed by atoms with Gasteiger partial charge in [0.15, 0.2) is 0 Å². The van der Waals surface area contributed by atoms with Crippen LogP contribution in [0.25, 0.3) is 0 Å². The molecule has 0 aromatic heterocycles. The molecule has 122 valence electrons. The van der Waals surface area contributed by atoms with Crippen LogP contribution in [-0.4, -0.2) is 12.5 Å². The largest absolute Gasteiger partial charge is 0.416 e. The van der Waals surface area contributed by atoms with Gasteiger partial charge in [0, 0.05) is 5.92 Å². The fourth-order valence-corrected chi connectivity index (χ4v) is 3.03. The fraction of sp³-hybridized carbons (Fsp3) is 0.562. The first-order valence-electron chi connectivity index (χ1n) is 7.50. The van der Waals surface area contributed by atoms with Gasteiger partial charge in [-0.2, -0.15) is 13.2 Å². The van der Waals surface area contributed by atoms with Crippen molar-refractivity contribution in [2.24, 2.45) is 17.6 Å². The predicted molar refractivity (Wildman–Crippen MR) is 77.9 cm³/mol. The Morgan fingerprint density at radius 3 is 2.50 bits per heavy atom. The monoisotopic (exact) mass is 314 g/mol. The number of nitrogens with two attached hydrogens (primary N) is 1. The number of hydrogen-bond donors (Lipinski definition) is 2. The number of hydrogen-bond acceptors (Lipinski definition) is 2. The average molecular weight is 314 g/mol. The predicted octanol–water partition coefficient (Wildman–Crippen LogP) is 3.26. The Hall–Kier alpha value is -1.56. The summed E-state index contributed by atoms with van der Waals surface area (Å²) >= 11 is 0. The number of carbonyl (C=O) groups excluding carboxylic acids is 1. The zero-order valence-corrected chi connectivity index (χ0v) is 12.5. The maximum absolute atomic E-state index is 12.5. The normalized spacial score (nSPS) is 23.3. The topological polar surface area (TPSA) is 55.1 Å². The molecule has 3 N–H and O–H groups in total. The molecule has 0 bridgehead atoms.